The average Bonchev–Trinajstić information content (AvgIpc) is 3.09. The highest BCUT2D eigenvalue weighted by molar-refractivity contribution is 9.10. The van der Waals surface area contributed by atoms with Gasteiger partial charge in [-0.1, -0.05) is 0 Å². The molecule has 2 amide bonds. The van der Waals surface area contributed by atoms with Crippen molar-refractivity contribution in [1.82, 2.24) is 19.6 Å². The molecule has 4 rings (SSSR count). The van der Waals surface area contributed by atoms with Gasteiger partial charge in [0.15, 0.2) is 0 Å². The fourth-order valence-electron chi connectivity index (χ4n) is 4.11. The summed E-state index contributed by atoms with van der Waals surface area (Å²) in [6, 6.07) is 1.36. The molecule has 3 saturated heterocycles. The molecular weight excluding hydrogens is 348 g/mol. The zero-order chi connectivity index (χ0) is 15.1. The monoisotopic (exact) mass is 368 g/mol. The summed E-state index contributed by atoms with van der Waals surface area (Å²) in [5.74, 6) is 0. The molecule has 0 radical (unpaired) electrons. The molecule has 2 unspecified atom stereocenters. The highest BCUT2D eigenvalue weighted by Gasteiger charge is 2.45. The van der Waals surface area contributed by atoms with Crippen molar-refractivity contribution in [1.29, 1.82) is 0 Å². The first-order valence-corrected chi connectivity index (χ1v) is 8.86. The van der Waals surface area contributed by atoms with Gasteiger partial charge >= 0.3 is 6.03 Å². The molecule has 0 N–H and O–H groups in total. The van der Waals surface area contributed by atoms with Crippen LogP contribution in [0.25, 0.3) is 0 Å². The number of aromatic nitrogens is 2. The summed E-state index contributed by atoms with van der Waals surface area (Å²) in [7, 11) is 0. The summed E-state index contributed by atoms with van der Waals surface area (Å²) in [5.41, 5.74) is 0. The van der Waals surface area contributed by atoms with Crippen LogP contribution in [-0.2, 0) is 4.74 Å². The number of nitrogens with zero attached hydrogens (tertiary/aromatic N) is 4. The van der Waals surface area contributed by atoms with Crippen molar-refractivity contribution in [3.63, 3.8) is 0 Å². The minimum atomic E-state index is 0.218. The molecule has 0 spiro atoms. The Labute approximate surface area is 138 Å². The number of ether oxygens (including phenoxy) is 1. The Morgan fingerprint density at radius 3 is 2.45 bits per heavy atom. The largest absolute Gasteiger partial charge is 0.378 e. The molecule has 7 heteroatoms. The SMILES string of the molecule is O=C(N1CCOCC1)N1C2CCC1CC(n1cc(Br)cn1)C2. The number of amides is 2. The van der Waals surface area contributed by atoms with Crippen LogP contribution in [0.3, 0.4) is 0 Å². The van der Waals surface area contributed by atoms with Crippen LogP contribution in [0.5, 0.6) is 0 Å². The standard InChI is InChI=1S/C15H21BrN4O2/c16-11-9-17-19(10-11)14-7-12-1-2-13(8-14)20(12)15(21)18-3-5-22-6-4-18/h9-10,12-14H,1-8H2. The third kappa shape index (κ3) is 2.54. The van der Waals surface area contributed by atoms with E-state index < -0.39 is 0 Å². The quantitative estimate of drug-likeness (QED) is 0.763. The number of urea groups is 1. The number of morpholine rings is 1. The van der Waals surface area contributed by atoms with Crippen molar-refractivity contribution in [3.8, 4) is 0 Å². The van der Waals surface area contributed by atoms with Gasteiger partial charge in [-0.3, -0.25) is 4.68 Å². The first-order chi connectivity index (χ1) is 10.7. The van der Waals surface area contributed by atoms with Crippen molar-refractivity contribution < 1.29 is 9.53 Å². The fraction of sp³-hybridized carbons (Fsp3) is 0.733. The van der Waals surface area contributed by atoms with Crippen LogP contribution < -0.4 is 0 Å². The number of piperidine rings is 1. The second kappa shape index (κ2) is 5.85. The molecule has 0 aromatic carbocycles. The van der Waals surface area contributed by atoms with E-state index in [-0.39, 0.29) is 6.03 Å². The number of rotatable bonds is 1. The van der Waals surface area contributed by atoms with Gasteiger partial charge in [0.2, 0.25) is 0 Å². The van der Waals surface area contributed by atoms with E-state index in [4.69, 9.17) is 4.74 Å². The Hall–Kier alpha value is -1.08. The van der Waals surface area contributed by atoms with E-state index >= 15 is 0 Å². The van der Waals surface area contributed by atoms with E-state index in [1.807, 2.05) is 17.3 Å². The van der Waals surface area contributed by atoms with Crippen LogP contribution in [0.4, 0.5) is 4.79 Å². The smallest absolute Gasteiger partial charge is 0.320 e. The van der Waals surface area contributed by atoms with Crippen LogP contribution >= 0.6 is 15.9 Å². The third-order valence-electron chi connectivity index (χ3n) is 5.15. The van der Waals surface area contributed by atoms with Gasteiger partial charge in [0.25, 0.3) is 0 Å². The van der Waals surface area contributed by atoms with Gasteiger partial charge in [-0.25, -0.2) is 4.79 Å². The minimum absolute atomic E-state index is 0.218. The lowest BCUT2D eigenvalue weighted by Crippen LogP contribution is -2.54. The summed E-state index contributed by atoms with van der Waals surface area (Å²) >= 11 is 3.47. The average molecular weight is 369 g/mol. The Balaban J connectivity index is 1.47. The van der Waals surface area contributed by atoms with Gasteiger partial charge in [0.1, 0.15) is 0 Å². The van der Waals surface area contributed by atoms with Gasteiger partial charge in [-0.05, 0) is 41.6 Å². The molecule has 2 bridgehead atoms. The van der Waals surface area contributed by atoms with Crippen molar-refractivity contribution in [2.24, 2.45) is 0 Å². The lowest BCUT2D eigenvalue weighted by molar-refractivity contribution is 0.0305. The second-order valence-electron chi connectivity index (χ2n) is 6.44. The van der Waals surface area contributed by atoms with Gasteiger partial charge in [-0.2, -0.15) is 5.10 Å². The number of halogens is 1. The molecule has 0 aliphatic carbocycles. The summed E-state index contributed by atoms with van der Waals surface area (Å²) in [5, 5.41) is 4.44. The summed E-state index contributed by atoms with van der Waals surface area (Å²) in [6.45, 7) is 2.78. The molecule has 3 aliphatic rings. The van der Waals surface area contributed by atoms with Crippen molar-refractivity contribution in [2.75, 3.05) is 26.3 Å². The van der Waals surface area contributed by atoms with Gasteiger partial charge in [-0.15, -0.1) is 0 Å². The predicted octanol–water partition coefficient (Wildman–Crippen LogP) is 2.27. The normalized spacial score (nSPS) is 31.6. The highest BCUT2D eigenvalue weighted by Crippen LogP contribution is 2.41. The summed E-state index contributed by atoms with van der Waals surface area (Å²) in [4.78, 5) is 16.9. The van der Waals surface area contributed by atoms with Crippen molar-refractivity contribution >= 4 is 22.0 Å². The number of carbonyl (C=O) groups is 1. The Kier molecular flexibility index (Phi) is 3.86. The lowest BCUT2D eigenvalue weighted by atomic mass is 9.98. The maximum Gasteiger partial charge on any atom is 0.320 e. The first kappa shape index (κ1) is 14.5. The molecule has 2 atom stereocenters. The zero-order valence-corrected chi connectivity index (χ0v) is 14.1. The molecule has 120 valence electrons. The maximum absolute atomic E-state index is 12.8. The Bertz CT molecular complexity index is 543. The predicted molar refractivity (Wildman–Crippen MR) is 84.6 cm³/mol. The number of fused-ring (bicyclic) bond motifs is 2. The topological polar surface area (TPSA) is 50.6 Å². The molecule has 3 fully saturated rings. The third-order valence-corrected chi connectivity index (χ3v) is 5.56. The van der Waals surface area contributed by atoms with Gasteiger partial charge in [0, 0.05) is 31.4 Å². The van der Waals surface area contributed by atoms with Crippen LogP contribution in [0.2, 0.25) is 0 Å². The minimum Gasteiger partial charge on any atom is -0.378 e. The molecule has 1 aromatic heterocycles. The van der Waals surface area contributed by atoms with Crippen LogP contribution in [0.1, 0.15) is 31.7 Å². The summed E-state index contributed by atoms with van der Waals surface area (Å²) < 4.78 is 8.44. The first-order valence-electron chi connectivity index (χ1n) is 8.07. The highest BCUT2D eigenvalue weighted by atomic mass is 79.9. The molecule has 4 heterocycles. The fourth-order valence-corrected chi connectivity index (χ4v) is 4.41. The van der Waals surface area contributed by atoms with Gasteiger partial charge < -0.3 is 14.5 Å². The van der Waals surface area contributed by atoms with Crippen LogP contribution in [0, 0.1) is 0 Å². The number of hydrogen-bond donors (Lipinski definition) is 0. The number of carbonyl (C=O) groups excluding carboxylic acids is 1. The van der Waals surface area contributed by atoms with E-state index in [9.17, 15) is 4.79 Å². The molecule has 0 saturated carbocycles. The molecule has 1 aromatic rings. The second-order valence-corrected chi connectivity index (χ2v) is 7.35. The number of hydrogen-bond acceptors (Lipinski definition) is 3. The van der Waals surface area contributed by atoms with E-state index in [0.717, 1.165) is 43.2 Å². The Morgan fingerprint density at radius 1 is 1.18 bits per heavy atom. The van der Waals surface area contributed by atoms with E-state index in [2.05, 4.69) is 30.6 Å². The maximum atomic E-state index is 12.8. The van der Waals surface area contributed by atoms with Gasteiger partial charge in [0.05, 0.1) is 29.9 Å². The van der Waals surface area contributed by atoms with E-state index in [0.29, 0.717) is 31.3 Å². The molecule has 3 aliphatic heterocycles. The van der Waals surface area contributed by atoms with E-state index in [1.165, 1.54) is 0 Å². The molecular formula is C15H21BrN4O2. The lowest BCUT2D eigenvalue weighted by Gasteiger charge is -2.42. The van der Waals surface area contributed by atoms with Crippen molar-refractivity contribution in [2.45, 2.75) is 43.8 Å². The zero-order valence-electron chi connectivity index (χ0n) is 12.5. The van der Waals surface area contributed by atoms with Crippen LogP contribution in [-0.4, -0.2) is 64.0 Å². The molecule has 22 heavy (non-hydrogen) atoms. The van der Waals surface area contributed by atoms with Crippen LogP contribution in [0.15, 0.2) is 16.9 Å². The summed E-state index contributed by atoms with van der Waals surface area (Å²) in [6.07, 6.45) is 8.16. The Morgan fingerprint density at radius 2 is 1.86 bits per heavy atom. The molecule has 6 nitrogen and oxygen atoms in total. The van der Waals surface area contributed by atoms with Crippen molar-refractivity contribution in [3.05, 3.63) is 16.9 Å². The van der Waals surface area contributed by atoms with E-state index in [1.54, 1.807) is 0 Å².